The van der Waals surface area contributed by atoms with Gasteiger partial charge in [-0.3, -0.25) is 4.79 Å². The van der Waals surface area contributed by atoms with Gasteiger partial charge in [0.2, 0.25) is 0 Å². The summed E-state index contributed by atoms with van der Waals surface area (Å²) in [5.74, 6) is -1.07. The first-order chi connectivity index (χ1) is 12.1. The zero-order valence-corrected chi connectivity index (χ0v) is 14.1. The van der Waals surface area contributed by atoms with Crippen LogP contribution in [-0.4, -0.2) is 5.97 Å². The van der Waals surface area contributed by atoms with E-state index >= 15 is 0 Å². The molecule has 0 spiro atoms. The lowest BCUT2D eigenvalue weighted by molar-refractivity contribution is -0.140. The number of hydrogen-bond donors (Lipinski definition) is 0. The van der Waals surface area contributed by atoms with Crippen LogP contribution in [0.15, 0.2) is 43.0 Å². The van der Waals surface area contributed by atoms with Crippen LogP contribution in [0.5, 0.6) is 5.75 Å². The highest BCUT2D eigenvalue weighted by Crippen LogP contribution is 2.33. The van der Waals surface area contributed by atoms with Crippen LogP contribution in [0.3, 0.4) is 0 Å². The number of carbonyl (C=O) groups is 1. The van der Waals surface area contributed by atoms with Gasteiger partial charge in [0.05, 0.1) is 5.92 Å². The maximum atomic E-state index is 13.4. The molecule has 0 amide bonds. The molecule has 0 saturated heterocycles. The minimum Gasteiger partial charge on any atom is -0.426 e. The van der Waals surface area contributed by atoms with Crippen LogP contribution in [0.1, 0.15) is 38.5 Å². The van der Waals surface area contributed by atoms with Gasteiger partial charge in [-0.15, -0.1) is 6.58 Å². The quantitative estimate of drug-likeness (QED) is 0.389. The highest BCUT2D eigenvalue weighted by molar-refractivity contribution is 5.85. The van der Waals surface area contributed by atoms with Crippen LogP contribution < -0.4 is 4.74 Å². The van der Waals surface area contributed by atoms with Crippen LogP contribution in [0.2, 0.25) is 0 Å². The van der Waals surface area contributed by atoms with Crippen molar-refractivity contribution in [1.29, 1.82) is 0 Å². The normalized spacial score (nSPS) is 20.4. The Labute approximate surface area is 146 Å². The molecular weight excluding hydrogens is 322 g/mol. The number of ether oxygens (including phenoxy) is 1. The van der Waals surface area contributed by atoms with E-state index in [1.165, 1.54) is 0 Å². The summed E-state index contributed by atoms with van der Waals surface area (Å²) in [5, 5.41) is 1.08. The molecule has 2 nitrogen and oxygen atoms in total. The van der Waals surface area contributed by atoms with Gasteiger partial charge in [0.1, 0.15) is 5.75 Å². The second-order valence-corrected chi connectivity index (χ2v) is 6.78. The van der Waals surface area contributed by atoms with E-state index in [2.05, 4.69) is 6.58 Å². The molecule has 132 valence electrons. The van der Waals surface area contributed by atoms with E-state index in [1.54, 1.807) is 18.2 Å². The Kier molecular flexibility index (Phi) is 5.47. The van der Waals surface area contributed by atoms with Crippen molar-refractivity contribution in [2.24, 2.45) is 11.8 Å². The Bertz CT molecular complexity index is 777. The van der Waals surface area contributed by atoms with Gasteiger partial charge in [-0.1, -0.05) is 12.1 Å². The van der Waals surface area contributed by atoms with Crippen LogP contribution in [0.25, 0.3) is 10.8 Å². The maximum Gasteiger partial charge on any atom is 0.314 e. The van der Waals surface area contributed by atoms with Crippen molar-refractivity contribution in [3.05, 3.63) is 54.6 Å². The van der Waals surface area contributed by atoms with Gasteiger partial charge < -0.3 is 4.74 Å². The van der Waals surface area contributed by atoms with E-state index in [1.807, 2.05) is 6.08 Å². The lowest BCUT2D eigenvalue weighted by Gasteiger charge is -2.26. The molecule has 1 aliphatic rings. The summed E-state index contributed by atoms with van der Waals surface area (Å²) in [6.07, 6.45) is 7.86. The van der Waals surface area contributed by atoms with Crippen LogP contribution in [0, 0.1) is 23.5 Å². The largest absolute Gasteiger partial charge is 0.426 e. The summed E-state index contributed by atoms with van der Waals surface area (Å²) in [4.78, 5) is 12.4. The zero-order chi connectivity index (χ0) is 17.8. The monoisotopic (exact) mass is 344 g/mol. The molecule has 0 N–H and O–H groups in total. The van der Waals surface area contributed by atoms with E-state index in [4.69, 9.17) is 4.74 Å². The molecular formula is C21H22F2O2. The van der Waals surface area contributed by atoms with E-state index in [-0.39, 0.29) is 11.9 Å². The van der Waals surface area contributed by atoms with Crippen molar-refractivity contribution in [3.8, 4) is 5.75 Å². The summed E-state index contributed by atoms with van der Waals surface area (Å²) >= 11 is 0. The minimum atomic E-state index is -0.908. The third-order valence-corrected chi connectivity index (χ3v) is 5.03. The van der Waals surface area contributed by atoms with Crippen molar-refractivity contribution < 1.29 is 18.3 Å². The first-order valence-electron chi connectivity index (χ1n) is 8.78. The number of benzene rings is 2. The lowest BCUT2D eigenvalue weighted by atomic mass is 9.80. The van der Waals surface area contributed by atoms with Crippen LogP contribution >= 0.6 is 0 Å². The van der Waals surface area contributed by atoms with E-state index in [0.29, 0.717) is 22.4 Å². The number of rotatable bonds is 5. The van der Waals surface area contributed by atoms with Crippen molar-refractivity contribution in [1.82, 2.24) is 0 Å². The first kappa shape index (κ1) is 17.6. The van der Waals surface area contributed by atoms with Gasteiger partial charge in [-0.2, -0.15) is 0 Å². The molecule has 0 atom stereocenters. The highest BCUT2D eigenvalue weighted by atomic mass is 19.2. The molecule has 0 heterocycles. The highest BCUT2D eigenvalue weighted by Gasteiger charge is 2.27. The standard InChI is InChI=1S/C21H22F2O2/c1-2-3-4-14-5-7-15(8-6-14)21(24)25-18-10-9-16-12-19(22)20(23)13-17(16)11-18/h2,9-15H,1,3-8H2. The predicted octanol–water partition coefficient (Wildman–Crippen LogP) is 5.80. The number of esters is 1. The van der Waals surface area contributed by atoms with Gasteiger partial charge in [0.25, 0.3) is 0 Å². The fraction of sp³-hybridized carbons (Fsp3) is 0.381. The SMILES string of the molecule is C=CCCC1CCC(C(=O)Oc2ccc3cc(F)c(F)cc3c2)CC1. The average Bonchev–Trinajstić information content (AvgIpc) is 2.61. The van der Waals surface area contributed by atoms with E-state index < -0.39 is 11.6 Å². The maximum absolute atomic E-state index is 13.4. The van der Waals surface area contributed by atoms with Crippen LogP contribution in [-0.2, 0) is 4.79 Å². The Balaban J connectivity index is 1.62. The fourth-order valence-corrected chi connectivity index (χ4v) is 3.52. The number of hydrogen-bond acceptors (Lipinski definition) is 2. The predicted molar refractivity (Wildman–Crippen MR) is 94.4 cm³/mol. The van der Waals surface area contributed by atoms with Gasteiger partial charge in [0, 0.05) is 0 Å². The molecule has 0 aromatic heterocycles. The summed E-state index contributed by atoms with van der Waals surface area (Å²) in [6, 6.07) is 7.08. The lowest BCUT2D eigenvalue weighted by Crippen LogP contribution is -2.25. The summed E-state index contributed by atoms with van der Waals surface area (Å²) < 4.78 is 32.1. The Morgan fingerprint density at radius 2 is 1.76 bits per heavy atom. The molecule has 1 saturated carbocycles. The molecule has 1 fully saturated rings. The Morgan fingerprint density at radius 1 is 1.08 bits per heavy atom. The summed E-state index contributed by atoms with van der Waals surface area (Å²) in [5.41, 5.74) is 0. The third-order valence-electron chi connectivity index (χ3n) is 5.03. The van der Waals surface area contributed by atoms with Gasteiger partial charge in [-0.05, 0) is 79.5 Å². The fourth-order valence-electron chi connectivity index (χ4n) is 3.52. The van der Waals surface area contributed by atoms with E-state index in [9.17, 15) is 13.6 Å². The second kappa shape index (κ2) is 7.77. The first-order valence-corrected chi connectivity index (χ1v) is 8.78. The topological polar surface area (TPSA) is 26.3 Å². The van der Waals surface area contributed by atoms with Crippen LogP contribution in [0.4, 0.5) is 8.78 Å². The number of halogens is 2. The molecule has 25 heavy (non-hydrogen) atoms. The molecule has 0 aliphatic heterocycles. The van der Waals surface area contributed by atoms with Gasteiger partial charge >= 0.3 is 5.97 Å². The van der Waals surface area contributed by atoms with Gasteiger partial charge in [-0.25, -0.2) is 8.78 Å². The molecule has 1 aliphatic carbocycles. The summed E-state index contributed by atoms with van der Waals surface area (Å²) in [6.45, 7) is 3.75. The third kappa shape index (κ3) is 4.25. The average molecular weight is 344 g/mol. The molecule has 2 aromatic carbocycles. The van der Waals surface area contributed by atoms with Crippen molar-refractivity contribution >= 4 is 16.7 Å². The molecule has 2 aromatic rings. The minimum absolute atomic E-state index is 0.0827. The summed E-state index contributed by atoms with van der Waals surface area (Å²) in [7, 11) is 0. The Hall–Kier alpha value is -2.23. The van der Waals surface area contributed by atoms with Crippen molar-refractivity contribution in [2.75, 3.05) is 0 Å². The molecule has 0 radical (unpaired) electrons. The smallest absolute Gasteiger partial charge is 0.314 e. The van der Waals surface area contributed by atoms with Crippen molar-refractivity contribution in [3.63, 3.8) is 0 Å². The second-order valence-electron chi connectivity index (χ2n) is 6.78. The zero-order valence-electron chi connectivity index (χ0n) is 14.1. The molecule has 4 heteroatoms. The Morgan fingerprint density at radius 3 is 2.44 bits per heavy atom. The number of fused-ring (bicyclic) bond motifs is 1. The van der Waals surface area contributed by atoms with Gasteiger partial charge in [0.15, 0.2) is 11.6 Å². The number of allylic oxidation sites excluding steroid dienone is 1. The number of carbonyl (C=O) groups excluding carboxylic acids is 1. The molecule has 3 rings (SSSR count). The molecule has 0 unspecified atom stereocenters. The van der Waals surface area contributed by atoms with E-state index in [0.717, 1.165) is 50.7 Å². The van der Waals surface area contributed by atoms with Crippen molar-refractivity contribution in [2.45, 2.75) is 38.5 Å². The molecule has 0 bridgehead atoms.